The van der Waals surface area contributed by atoms with E-state index in [1.165, 1.54) is 17.7 Å². The second-order valence-corrected chi connectivity index (χ2v) is 10.5. The molecule has 40 heavy (non-hydrogen) atoms. The zero-order chi connectivity index (χ0) is 28.0. The summed E-state index contributed by atoms with van der Waals surface area (Å²) in [4.78, 5) is 53.3. The SMILES string of the molecule is Nc1ccc(C2CN(Cc3ccc(CNc4cccc5c4C(=O)N(C4CCC(=O)NC4=O)C5=O)cc3F)C2)cc1. The van der Waals surface area contributed by atoms with E-state index in [-0.39, 0.29) is 36.3 Å². The molecule has 3 heterocycles. The summed E-state index contributed by atoms with van der Waals surface area (Å²) in [5.74, 6) is -2.13. The van der Waals surface area contributed by atoms with Crippen LogP contribution in [0.25, 0.3) is 0 Å². The smallest absolute Gasteiger partial charge is 0.264 e. The number of carbonyl (C=O) groups excluding carboxylic acids is 4. The summed E-state index contributed by atoms with van der Waals surface area (Å²) >= 11 is 0. The van der Waals surface area contributed by atoms with Crippen LogP contribution in [0.1, 0.15) is 56.2 Å². The Morgan fingerprint density at radius 2 is 1.75 bits per heavy atom. The van der Waals surface area contributed by atoms with Gasteiger partial charge in [0.25, 0.3) is 11.8 Å². The molecule has 0 aromatic heterocycles. The van der Waals surface area contributed by atoms with Gasteiger partial charge in [0.2, 0.25) is 11.8 Å². The van der Waals surface area contributed by atoms with Crippen LogP contribution in [0.4, 0.5) is 15.8 Å². The highest BCUT2D eigenvalue weighted by Gasteiger charge is 2.45. The molecule has 3 aromatic carbocycles. The highest BCUT2D eigenvalue weighted by Crippen LogP contribution is 2.33. The number of amides is 4. The summed E-state index contributed by atoms with van der Waals surface area (Å²) < 4.78 is 15.0. The zero-order valence-corrected chi connectivity index (χ0v) is 21.7. The Morgan fingerprint density at radius 1 is 0.975 bits per heavy atom. The first-order valence-corrected chi connectivity index (χ1v) is 13.2. The Bertz CT molecular complexity index is 1530. The van der Waals surface area contributed by atoms with Gasteiger partial charge in [0, 0.05) is 55.5 Å². The van der Waals surface area contributed by atoms with Crippen LogP contribution in [0.5, 0.6) is 0 Å². The van der Waals surface area contributed by atoms with Crippen molar-refractivity contribution in [2.24, 2.45) is 0 Å². The Morgan fingerprint density at radius 3 is 2.48 bits per heavy atom. The maximum Gasteiger partial charge on any atom is 0.264 e. The lowest BCUT2D eigenvalue weighted by atomic mass is 9.91. The van der Waals surface area contributed by atoms with Crippen molar-refractivity contribution in [1.82, 2.24) is 15.1 Å². The molecule has 204 valence electrons. The third kappa shape index (κ3) is 4.71. The molecule has 4 N–H and O–H groups in total. The molecule has 1 unspecified atom stereocenters. The number of carbonyl (C=O) groups is 4. The van der Waals surface area contributed by atoms with E-state index in [1.807, 2.05) is 30.3 Å². The third-order valence-electron chi connectivity index (χ3n) is 7.83. The maximum absolute atomic E-state index is 15.0. The van der Waals surface area contributed by atoms with Crippen LogP contribution in [0.2, 0.25) is 0 Å². The molecular formula is C30H28FN5O4. The second kappa shape index (κ2) is 10.2. The van der Waals surface area contributed by atoms with Crippen LogP contribution in [0.3, 0.4) is 0 Å². The Balaban J connectivity index is 1.09. The van der Waals surface area contributed by atoms with Crippen LogP contribution in [0.15, 0.2) is 60.7 Å². The van der Waals surface area contributed by atoms with Crippen LogP contribution in [0, 0.1) is 5.82 Å². The quantitative estimate of drug-likeness (QED) is 0.310. The summed E-state index contributed by atoms with van der Waals surface area (Å²) in [6, 6.07) is 16.8. The van der Waals surface area contributed by atoms with Gasteiger partial charge in [-0.25, -0.2) is 4.39 Å². The number of rotatable bonds is 7. The number of nitrogens with one attached hydrogen (secondary N) is 2. The minimum atomic E-state index is -1.03. The number of likely N-dealkylation sites (tertiary alicyclic amines) is 1. The molecule has 2 saturated heterocycles. The molecule has 0 saturated carbocycles. The molecule has 3 aliphatic heterocycles. The number of imide groups is 2. The van der Waals surface area contributed by atoms with Gasteiger partial charge in [-0.2, -0.15) is 0 Å². The summed E-state index contributed by atoms with van der Waals surface area (Å²) in [6.45, 7) is 2.46. The fraction of sp³-hybridized carbons (Fsp3) is 0.267. The van der Waals surface area contributed by atoms with E-state index in [0.29, 0.717) is 29.3 Å². The molecule has 6 rings (SSSR count). The van der Waals surface area contributed by atoms with Gasteiger partial charge in [-0.1, -0.05) is 30.3 Å². The van der Waals surface area contributed by atoms with E-state index < -0.39 is 29.7 Å². The van der Waals surface area contributed by atoms with Crippen molar-refractivity contribution in [3.63, 3.8) is 0 Å². The number of hydrogen-bond acceptors (Lipinski definition) is 7. The van der Waals surface area contributed by atoms with E-state index in [9.17, 15) is 23.6 Å². The monoisotopic (exact) mass is 541 g/mol. The highest BCUT2D eigenvalue weighted by molar-refractivity contribution is 6.25. The number of fused-ring (bicyclic) bond motifs is 1. The first kappa shape index (κ1) is 25.7. The lowest BCUT2D eigenvalue weighted by Crippen LogP contribution is -2.54. The summed E-state index contributed by atoms with van der Waals surface area (Å²) in [5, 5.41) is 5.34. The van der Waals surface area contributed by atoms with Gasteiger partial charge in [0.1, 0.15) is 11.9 Å². The average Bonchev–Trinajstić information content (AvgIpc) is 3.16. The zero-order valence-electron chi connectivity index (χ0n) is 21.7. The Labute approximate surface area is 230 Å². The van der Waals surface area contributed by atoms with E-state index in [1.54, 1.807) is 18.2 Å². The number of benzene rings is 3. The number of nitrogen functional groups attached to an aromatic ring is 1. The van der Waals surface area contributed by atoms with Gasteiger partial charge in [-0.05, 0) is 47.9 Å². The third-order valence-corrected chi connectivity index (χ3v) is 7.83. The first-order valence-electron chi connectivity index (χ1n) is 13.2. The standard InChI is InChI=1S/C30H28FN5O4/c31-23-12-17(4-5-19(23)14-35-15-20(16-35)18-6-8-21(32)9-7-18)13-33-24-3-1-2-22-27(24)30(40)36(29(22)39)25-10-11-26(37)34-28(25)38/h1-9,12,20,25,33H,10-11,13-16,32H2,(H,34,37,38). The molecule has 9 nitrogen and oxygen atoms in total. The molecule has 3 aliphatic rings. The molecule has 1 atom stereocenters. The normalized spacial score (nSPS) is 19.4. The van der Waals surface area contributed by atoms with Gasteiger partial charge in [-0.15, -0.1) is 0 Å². The number of piperidine rings is 1. The van der Waals surface area contributed by atoms with E-state index in [0.717, 1.165) is 23.7 Å². The molecular weight excluding hydrogens is 513 g/mol. The number of hydrogen-bond donors (Lipinski definition) is 3. The summed E-state index contributed by atoms with van der Waals surface area (Å²) in [6.07, 6.45) is 0.140. The lowest BCUT2D eigenvalue weighted by molar-refractivity contribution is -0.136. The molecule has 0 radical (unpaired) electrons. The minimum Gasteiger partial charge on any atom is -0.399 e. The molecule has 0 aliphatic carbocycles. The molecule has 2 fully saturated rings. The van der Waals surface area contributed by atoms with Gasteiger partial charge in [0.05, 0.1) is 11.1 Å². The number of halogens is 1. The van der Waals surface area contributed by atoms with Crippen molar-refractivity contribution in [2.75, 3.05) is 24.1 Å². The maximum atomic E-state index is 15.0. The first-order chi connectivity index (χ1) is 19.3. The Hall–Kier alpha value is -4.57. The van der Waals surface area contributed by atoms with Crippen molar-refractivity contribution in [3.05, 3.63) is 94.3 Å². The van der Waals surface area contributed by atoms with Crippen molar-refractivity contribution in [3.8, 4) is 0 Å². The van der Waals surface area contributed by atoms with Gasteiger partial charge < -0.3 is 11.1 Å². The molecule has 0 bridgehead atoms. The van der Waals surface area contributed by atoms with E-state index in [2.05, 4.69) is 15.5 Å². The second-order valence-electron chi connectivity index (χ2n) is 10.5. The number of anilines is 2. The van der Waals surface area contributed by atoms with Crippen molar-refractivity contribution in [2.45, 2.75) is 37.9 Å². The summed E-state index contributed by atoms with van der Waals surface area (Å²) in [5.41, 5.74) is 9.81. The molecule has 10 heteroatoms. The van der Waals surface area contributed by atoms with Crippen LogP contribution < -0.4 is 16.4 Å². The van der Waals surface area contributed by atoms with Gasteiger partial charge >= 0.3 is 0 Å². The minimum absolute atomic E-state index is 0.0530. The topological polar surface area (TPSA) is 125 Å². The summed E-state index contributed by atoms with van der Waals surface area (Å²) in [7, 11) is 0. The molecule has 4 amide bonds. The number of nitrogens with two attached hydrogens (primary N) is 1. The molecule has 0 spiro atoms. The van der Waals surface area contributed by atoms with Crippen LogP contribution in [-0.4, -0.2) is 52.6 Å². The van der Waals surface area contributed by atoms with Crippen LogP contribution >= 0.6 is 0 Å². The number of nitrogens with zero attached hydrogens (tertiary/aromatic N) is 2. The fourth-order valence-corrected chi connectivity index (χ4v) is 5.61. The van der Waals surface area contributed by atoms with Crippen molar-refractivity contribution in [1.29, 1.82) is 0 Å². The Kier molecular flexibility index (Phi) is 6.55. The van der Waals surface area contributed by atoms with Crippen molar-refractivity contribution < 1.29 is 23.6 Å². The van der Waals surface area contributed by atoms with Gasteiger partial charge in [0.15, 0.2) is 0 Å². The highest BCUT2D eigenvalue weighted by atomic mass is 19.1. The predicted molar refractivity (Wildman–Crippen MR) is 146 cm³/mol. The van der Waals surface area contributed by atoms with Gasteiger partial charge in [-0.3, -0.25) is 34.3 Å². The average molecular weight is 542 g/mol. The van der Waals surface area contributed by atoms with E-state index in [4.69, 9.17) is 5.73 Å². The fourth-order valence-electron chi connectivity index (χ4n) is 5.61. The predicted octanol–water partition coefficient (Wildman–Crippen LogP) is 3.02. The van der Waals surface area contributed by atoms with Crippen LogP contribution in [-0.2, 0) is 22.7 Å². The lowest BCUT2D eigenvalue weighted by Gasteiger charge is -2.39. The van der Waals surface area contributed by atoms with E-state index >= 15 is 0 Å². The largest absolute Gasteiger partial charge is 0.399 e. The molecule has 3 aromatic rings. The van der Waals surface area contributed by atoms with Crippen molar-refractivity contribution >= 4 is 35.0 Å².